The molecular formula is C13H21NO3. The predicted molar refractivity (Wildman–Crippen MR) is 67.5 cm³/mol. The van der Waals surface area contributed by atoms with Crippen molar-refractivity contribution < 1.29 is 14.6 Å². The summed E-state index contributed by atoms with van der Waals surface area (Å²) in [6, 6.07) is 5.23. The summed E-state index contributed by atoms with van der Waals surface area (Å²) in [6.45, 7) is 5.03. The molecule has 0 spiro atoms. The first kappa shape index (κ1) is 13.8. The molecule has 0 heterocycles. The molecule has 0 aromatic heterocycles. The predicted octanol–water partition coefficient (Wildman–Crippen LogP) is 1.92. The number of aromatic hydroxyl groups is 1. The molecule has 1 aromatic rings. The molecule has 0 aliphatic heterocycles. The van der Waals surface area contributed by atoms with Crippen LogP contribution in [0, 0.1) is 0 Å². The lowest BCUT2D eigenvalue weighted by atomic mass is 10.2. The zero-order valence-electron chi connectivity index (χ0n) is 10.5. The maximum atomic E-state index is 9.65. The minimum absolute atomic E-state index is 0.295. The highest BCUT2D eigenvalue weighted by atomic mass is 16.5. The number of phenols is 1. The van der Waals surface area contributed by atoms with E-state index in [1.54, 1.807) is 19.2 Å². The Hall–Kier alpha value is -1.26. The SMILES string of the molecule is CCOCCCNCc1cc(OC)ccc1O. The molecule has 0 saturated carbocycles. The van der Waals surface area contributed by atoms with E-state index in [9.17, 15) is 5.11 Å². The average Bonchev–Trinajstić information content (AvgIpc) is 2.35. The minimum Gasteiger partial charge on any atom is -0.508 e. The van der Waals surface area contributed by atoms with Crippen molar-refractivity contribution >= 4 is 0 Å². The van der Waals surface area contributed by atoms with Crippen molar-refractivity contribution in [3.8, 4) is 11.5 Å². The largest absolute Gasteiger partial charge is 0.508 e. The molecule has 0 aliphatic rings. The lowest BCUT2D eigenvalue weighted by Crippen LogP contribution is -2.16. The van der Waals surface area contributed by atoms with Crippen LogP contribution in [-0.4, -0.2) is 32.0 Å². The fourth-order valence-corrected chi connectivity index (χ4v) is 1.50. The molecule has 2 N–H and O–H groups in total. The van der Waals surface area contributed by atoms with Crippen molar-refractivity contribution in [2.45, 2.75) is 19.9 Å². The summed E-state index contributed by atoms with van der Waals surface area (Å²) in [5.74, 6) is 1.05. The van der Waals surface area contributed by atoms with Crippen molar-refractivity contribution in [1.82, 2.24) is 5.32 Å². The molecule has 0 fully saturated rings. The number of hydrogen-bond donors (Lipinski definition) is 2. The highest BCUT2D eigenvalue weighted by Gasteiger charge is 2.02. The standard InChI is InChI=1S/C13H21NO3/c1-3-17-8-4-7-14-10-11-9-12(16-2)5-6-13(11)15/h5-6,9,14-15H,3-4,7-8,10H2,1-2H3. The zero-order valence-corrected chi connectivity index (χ0v) is 10.5. The van der Waals surface area contributed by atoms with Gasteiger partial charge in [-0.1, -0.05) is 0 Å². The maximum Gasteiger partial charge on any atom is 0.120 e. The van der Waals surface area contributed by atoms with E-state index >= 15 is 0 Å². The molecule has 0 saturated heterocycles. The van der Waals surface area contributed by atoms with Crippen LogP contribution < -0.4 is 10.1 Å². The minimum atomic E-state index is 0.295. The van der Waals surface area contributed by atoms with Gasteiger partial charge in [-0.2, -0.15) is 0 Å². The van der Waals surface area contributed by atoms with E-state index in [0.29, 0.717) is 12.3 Å². The van der Waals surface area contributed by atoms with Crippen LogP contribution in [0.15, 0.2) is 18.2 Å². The van der Waals surface area contributed by atoms with Crippen molar-refractivity contribution in [3.05, 3.63) is 23.8 Å². The third kappa shape index (κ3) is 5.06. The number of nitrogens with one attached hydrogen (secondary N) is 1. The van der Waals surface area contributed by atoms with Gasteiger partial charge in [0.2, 0.25) is 0 Å². The summed E-state index contributed by atoms with van der Waals surface area (Å²) >= 11 is 0. The van der Waals surface area contributed by atoms with Crippen LogP contribution in [0.25, 0.3) is 0 Å². The molecule has 0 radical (unpaired) electrons. The number of rotatable bonds is 8. The van der Waals surface area contributed by atoms with Gasteiger partial charge in [0.1, 0.15) is 11.5 Å². The Morgan fingerprint density at radius 3 is 2.88 bits per heavy atom. The molecule has 0 aliphatic carbocycles. The lowest BCUT2D eigenvalue weighted by molar-refractivity contribution is 0.144. The smallest absolute Gasteiger partial charge is 0.120 e. The van der Waals surface area contributed by atoms with E-state index in [2.05, 4.69) is 5.32 Å². The summed E-state index contributed by atoms with van der Waals surface area (Å²) in [4.78, 5) is 0. The number of ether oxygens (including phenoxy) is 2. The Labute approximate surface area is 103 Å². The van der Waals surface area contributed by atoms with E-state index in [-0.39, 0.29) is 0 Å². The molecule has 1 rings (SSSR count). The summed E-state index contributed by atoms with van der Waals surface area (Å²) in [7, 11) is 1.62. The Morgan fingerprint density at radius 2 is 2.18 bits per heavy atom. The second kappa shape index (κ2) is 7.92. The van der Waals surface area contributed by atoms with E-state index in [1.165, 1.54) is 0 Å². The Kier molecular flexibility index (Phi) is 6.43. The van der Waals surface area contributed by atoms with Crippen molar-refractivity contribution in [2.75, 3.05) is 26.9 Å². The van der Waals surface area contributed by atoms with Gasteiger partial charge in [-0.15, -0.1) is 0 Å². The molecule has 17 heavy (non-hydrogen) atoms. The number of methoxy groups -OCH3 is 1. The Balaban J connectivity index is 2.30. The van der Waals surface area contributed by atoms with Gasteiger partial charge in [-0.25, -0.2) is 0 Å². The summed E-state index contributed by atoms with van der Waals surface area (Å²) in [5.41, 5.74) is 0.848. The van der Waals surface area contributed by atoms with Crippen molar-refractivity contribution in [3.63, 3.8) is 0 Å². The van der Waals surface area contributed by atoms with Gasteiger partial charge in [0.25, 0.3) is 0 Å². The third-order valence-electron chi connectivity index (χ3n) is 2.45. The Morgan fingerprint density at radius 1 is 1.35 bits per heavy atom. The molecule has 1 aromatic carbocycles. The first-order valence-electron chi connectivity index (χ1n) is 5.92. The van der Waals surface area contributed by atoms with E-state index in [0.717, 1.165) is 37.5 Å². The molecule has 0 amide bonds. The molecule has 96 valence electrons. The van der Waals surface area contributed by atoms with Crippen LogP contribution in [0.1, 0.15) is 18.9 Å². The normalized spacial score (nSPS) is 10.5. The number of phenolic OH excluding ortho intramolecular Hbond substituents is 1. The molecule has 0 atom stereocenters. The number of hydrogen-bond acceptors (Lipinski definition) is 4. The molecule has 4 heteroatoms. The van der Waals surface area contributed by atoms with E-state index in [1.807, 2.05) is 13.0 Å². The van der Waals surface area contributed by atoms with Gasteiger partial charge in [-0.3, -0.25) is 0 Å². The van der Waals surface area contributed by atoms with Crippen LogP contribution in [-0.2, 0) is 11.3 Å². The molecular weight excluding hydrogens is 218 g/mol. The average molecular weight is 239 g/mol. The van der Waals surface area contributed by atoms with Crippen LogP contribution in [0.3, 0.4) is 0 Å². The second-order valence-corrected chi connectivity index (χ2v) is 3.72. The third-order valence-corrected chi connectivity index (χ3v) is 2.45. The molecule has 0 bridgehead atoms. The molecule has 0 unspecified atom stereocenters. The van der Waals surface area contributed by atoms with Gasteiger partial charge < -0.3 is 19.9 Å². The van der Waals surface area contributed by atoms with Gasteiger partial charge >= 0.3 is 0 Å². The van der Waals surface area contributed by atoms with Gasteiger partial charge in [0, 0.05) is 25.3 Å². The summed E-state index contributed by atoms with van der Waals surface area (Å²) in [5, 5.41) is 12.9. The summed E-state index contributed by atoms with van der Waals surface area (Å²) in [6.07, 6.45) is 0.971. The summed E-state index contributed by atoms with van der Waals surface area (Å²) < 4.78 is 10.3. The quantitative estimate of drug-likeness (QED) is 0.680. The second-order valence-electron chi connectivity index (χ2n) is 3.72. The first-order valence-corrected chi connectivity index (χ1v) is 5.92. The lowest BCUT2D eigenvalue weighted by Gasteiger charge is -2.08. The van der Waals surface area contributed by atoms with E-state index in [4.69, 9.17) is 9.47 Å². The topological polar surface area (TPSA) is 50.7 Å². The fourth-order valence-electron chi connectivity index (χ4n) is 1.50. The zero-order chi connectivity index (χ0) is 12.5. The van der Waals surface area contributed by atoms with Crippen LogP contribution in [0.2, 0.25) is 0 Å². The highest BCUT2D eigenvalue weighted by Crippen LogP contribution is 2.22. The van der Waals surface area contributed by atoms with Crippen LogP contribution >= 0.6 is 0 Å². The van der Waals surface area contributed by atoms with Crippen LogP contribution in [0.4, 0.5) is 0 Å². The van der Waals surface area contributed by atoms with E-state index < -0.39 is 0 Å². The van der Waals surface area contributed by atoms with Crippen molar-refractivity contribution in [1.29, 1.82) is 0 Å². The Bertz CT molecular complexity index is 328. The van der Waals surface area contributed by atoms with Gasteiger partial charge in [-0.05, 0) is 38.1 Å². The number of benzene rings is 1. The maximum absolute atomic E-state index is 9.65. The monoisotopic (exact) mass is 239 g/mol. The van der Waals surface area contributed by atoms with Gasteiger partial charge in [0.15, 0.2) is 0 Å². The fraction of sp³-hybridized carbons (Fsp3) is 0.538. The highest BCUT2D eigenvalue weighted by molar-refractivity contribution is 5.39. The van der Waals surface area contributed by atoms with Gasteiger partial charge in [0.05, 0.1) is 7.11 Å². The van der Waals surface area contributed by atoms with Crippen molar-refractivity contribution in [2.24, 2.45) is 0 Å². The van der Waals surface area contributed by atoms with Crippen LogP contribution in [0.5, 0.6) is 11.5 Å². The molecule has 4 nitrogen and oxygen atoms in total. The first-order chi connectivity index (χ1) is 8.27.